The first kappa shape index (κ1) is 21.5. The van der Waals surface area contributed by atoms with Gasteiger partial charge in [-0.25, -0.2) is 0 Å². The fraction of sp³-hybridized carbons (Fsp3) is 0.440. The number of nitrogens with one attached hydrogen (secondary N) is 3. The molecule has 164 valence electrons. The summed E-state index contributed by atoms with van der Waals surface area (Å²) in [5.41, 5.74) is 9.03. The highest BCUT2D eigenvalue weighted by Crippen LogP contribution is 2.38. The van der Waals surface area contributed by atoms with E-state index in [1.807, 2.05) is 49.1 Å². The van der Waals surface area contributed by atoms with E-state index < -0.39 is 5.41 Å². The van der Waals surface area contributed by atoms with Crippen molar-refractivity contribution in [1.29, 1.82) is 0 Å². The van der Waals surface area contributed by atoms with Crippen molar-refractivity contribution in [3.05, 3.63) is 60.2 Å². The second kappa shape index (κ2) is 9.20. The topological polar surface area (TPSA) is 73.5 Å². The van der Waals surface area contributed by atoms with Crippen LogP contribution in [0.5, 0.6) is 0 Å². The number of benzene rings is 2. The van der Waals surface area contributed by atoms with E-state index in [-0.39, 0.29) is 23.8 Å². The SMILES string of the molecule is CCNC(=O)C1(Cc2ccccc2-c2ccccc2)CCN(C(=O)C2CNNC2C)C1. The molecule has 0 saturated carbocycles. The maximum Gasteiger partial charge on any atom is 0.228 e. The zero-order valence-electron chi connectivity index (χ0n) is 18.4. The molecule has 0 bridgehead atoms. The molecule has 0 aromatic heterocycles. The molecule has 2 fully saturated rings. The second-order valence-electron chi connectivity index (χ2n) is 8.77. The minimum atomic E-state index is -0.612. The smallest absolute Gasteiger partial charge is 0.228 e. The average molecular weight is 421 g/mol. The van der Waals surface area contributed by atoms with Crippen LogP contribution in [0.15, 0.2) is 54.6 Å². The summed E-state index contributed by atoms with van der Waals surface area (Å²) < 4.78 is 0. The third-order valence-corrected chi connectivity index (χ3v) is 6.69. The quantitative estimate of drug-likeness (QED) is 0.671. The molecule has 31 heavy (non-hydrogen) atoms. The molecule has 4 rings (SSSR count). The maximum absolute atomic E-state index is 13.3. The van der Waals surface area contributed by atoms with Crippen LogP contribution < -0.4 is 16.2 Å². The third kappa shape index (κ3) is 4.36. The lowest BCUT2D eigenvalue weighted by atomic mass is 9.78. The number of nitrogens with zero attached hydrogens (tertiary/aromatic N) is 1. The largest absolute Gasteiger partial charge is 0.356 e. The van der Waals surface area contributed by atoms with Crippen molar-refractivity contribution >= 4 is 11.8 Å². The van der Waals surface area contributed by atoms with E-state index >= 15 is 0 Å². The summed E-state index contributed by atoms with van der Waals surface area (Å²) in [4.78, 5) is 28.4. The lowest BCUT2D eigenvalue weighted by Gasteiger charge is -2.30. The Morgan fingerprint density at radius 3 is 2.58 bits per heavy atom. The van der Waals surface area contributed by atoms with E-state index in [9.17, 15) is 9.59 Å². The van der Waals surface area contributed by atoms with Crippen molar-refractivity contribution < 1.29 is 9.59 Å². The summed E-state index contributed by atoms with van der Waals surface area (Å²) >= 11 is 0. The first-order chi connectivity index (χ1) is 15.0. The first-order valence-corrected chi connectivity index (χ1v) is 11.2. The Balaban J connectivity index is 1.62. The fourth-order valence-electron chi connectivity index (χ4n) is 4.90. The number of hydrazine groups is 1. The van der Waals surface area contributed by atoms with Gasteiger partial charge in [0.15, 0.2) is 0 Å². The third-order valence-electron chi connectivity index (χ3n) is 6.69. The molecule has 2 aromatic rings. The number of carbonyl (C=O) groups excluding carboxylic acids is 2. The van der Waals surface area contributed by atoms with E-state index in [1.54, 1.807) is 0 Å². The Labute approximate surface area is 184 Å². The predicted molar refractivity (Wildman–Crippen MR) is 122 cm³/mol. The number of hydrogen-bond acceptors (Lipinski definition) is 4. The van der Waals surface area contributed by atoms with Gasteiger partial charge in [0.2, 0.25) is 11.8 Å². The Hall–Kier alpha value is -2.70. The molecule has 2 amide bonds. The molecule has 0 aliphatic carbocycles. The van der Waals surface area contributed by atoms with Gasteiger partial charge in [-0.3, -0.25) is 20.4 Å². The molecule has 3 unspecified atom stereocenters. The Bertz CT molecular complexity index is 932. The van der Waals surface area contributed by atoms with E-state index in [2.05, 4.69) is 40.4 Å². The van der Waals surface area contributed by atoms with Crippen molar-refractivity contribution in [3.8, 4) is 11.1 Å². The summed E-state index contributed by atoms with van der Waals surface area (Å²) in [6.45, 7) is 6.26. The van der Waals surface area contributed by atoms with Gasteiger partial charge < -0.3 is 10.2 Å². The molecule has 2 aromatic carbocycles. The van der Waals surface area contributed by atoms with Gasteiger partial charge in [0.25, 0.3) is 0 Å². The van der Waals surface area contributed by atoms with Crippen LogP contribution in [-0.2, 0) is 16.0 Å². The van der Waals surface area contributed by atoms with E-state index in [1.165, 1.54) is 0 Å². The maximum atomic E-state index is 13.3. The number of carbonyl (C=O) groups is 2. The van der Waals surface area contributed by atoms with Crippen LogP contribution in [-0.4, -0.2) is 48.9 Å². The highest BCUT2D eigenvalue weighted by atomic mass is 16.2. The molecule has 6 nitrogen and oxygen atoms in total. The zero-order chi connectivity index (χ0) is 21.8. The second-order valence-corrected chi connectivity index (χ2v) is 8.77. The monoisotopic (exact) mass is 420 g/mol. The standard InChI is InChI=1S/C25H32N4O2/c1-3-26-24(31)25(13-14-29(17-25)23(30)22-16-27-28-18(22)2)15-20-11-7-8-12-21(20)19-9-5-4-6-10-19/h4-12,18,22,27-28H,3,13-17H2,1-2H3,(H,26,31). The van der Waals surface area contributed by atoms with Crippen LogP contribution in [0, 0.1) is 11.3 Å². The molecule has 3 atom stereocenters. The van der Waals surface area contributed by atoms with Gasteiger partial charge in [-0.05, 0) is 43.4 Å². The summed E-state index contributed by atoms with van der Waals surface area (Å²) in [5, 5.41) is 3.04. The first-order valence-electron chi connectivity index (χ1n) is 11.2. The van der Waals surface area contributed by atoms with E-state index in [0.29, 0.717) is 39.0 Å². The van der Waals surface area contributed by atoms with Crippen LogP contribution in [0.25, 0.3) is 11.1 Å². The van der Waals surface area contributed by atoms with Crippen molar-refractivity contribution in [1.82, 2.24) is 21.1 Å². The van der Waals surface area contributed by atoms with Gasteiger partial charge in [-0.1, -0.05) is 54.6 Å². The van der Waals surface area contributed by atoms with E-state index in [0.717, 1.165) is 16.7 Å². The Kier molecular flexibility index (Phi) is 6.39. The van der Waals surface area contributed by atoms with Gasteiger partial charge in [-0.15, -0.1) is 0 Å². The molecule has 2 aliphatic rings. The normalized spacial score (nSPS) is 25.5. The van der Waals surface area contributed by atoms with Gasteiger partial charge >= 0.3 is 0 Å². The Morgan fingerprint density at radius 1 is 1.13 bits per heavy atom. The number of likely N-dealkylation sites (tertiary alicyclic amines) is 1. The fourth-order valence-corrected chi connectivity index (χ4v) is 4.90. The average Bonchev–Trinajstić information content (AvgIpc) is 3.42. The van der Waals surface area contributed by atoms with Crippen LogP contribution in [0.3, 0.4) is 0 Å². The highest BCUT2D eigenvalue weighted by Gasteiger charge is 2.47. The lowest BCUT2D eigenvalue weighted by molar-refractivity contribution is -0.136. The van der Waals surface area contributed by atoms with Crippen molar-refractivity contribution in [2.75, 3.05) is 26.2 Å². The number of rotatable bonds is 6. The van der Waals surface area contributed by atoms with Crippen molar-refractivity contribution in [3.63, 3.8) is 0 Å². The summed E-state index contributed by atoms with van der Waals surface area (Å²) in [7, 11) is 0. The molecule has 0 spiro atoms. The van der Waals surface area contributed by atoms with Gasteiger partial charge in [0, 0.05) is 32.2 Å². The Morgan fingerprint density at radius 2 is 1.87 bits per heavy atom. The molecular weight excluding hydrogens is 388 g/mol. The molecule has 3 N–H and O–H groups in total. The van der Waals surface area contributed by atoms with Gasteiger partial charge in [0.05, 0.1) is 11.3 Å². The highest BCUT2D eigenvalue weighted by molar-refractivity contribution is 5.87. The van der Waals surface area contributed by atoms with Crippen LogP contribution in [0.1, 0.15) is 25.8 Å². The zero-order valence-corrected chi connectivity index (χ0v) is 18.4. The van der Waals surface area contributed by atoms with Crippen LogP contribution in [0.4, 0.5) is 0 Å². The molecule has 2 saturated heterocycles. The summed E-state index contributed by atoms with van der Waals surface area (Å²) in [6, 6.07) is 18.7. The van der Waals surface area contributed by atoms with Gasteiger partial charge in [0.1, 0.15) is 0 Å². The van der Waals surface area contributed by atoms with Crippen molar-refractivity contribution in [2.45, 2.75) is 32.7 Å². The number of amides is 2. The van der Waals surface area contributed by atoms with Crippen molar-refractivity contribution in [2.24, 2.45) is 11.3 Å². The predicted octanol–water partition coefficient (Wildman–Crippen LogP) is 2.36. The van der Waals surface area contributed by atoms with Crippen LogP contribution >= 0.6 is 0 Å². The molecule has 2 aliphatic heterocycles. The summed E-state index contributed by atoms with van der Waals surface area (Å²) in [5.74, 6) is 0.0815. The molecule has 6 heteroatoms. The molecular formula is C25H32N4O2. The van der Waals surface area contributed by atoms with E-state index in [4.69, 9.17) is 0 Å². The summed E-state index contributed by atoms with van der Waals surface area (Å²) in [6.07, 6.45) is 1.29. The number of hydrogen-bond donors (Lipinski definition) is 3. The molecule has 0 radical (unpaired) electrons. The minimum absolute atomic E-state index is 0.0453. The minimum Gasteiger partial charge on any atom is -0.356 e. The van der Waals surface area contributed by atoms with Gasteiger partial charge in [-0.2, -0.15) is 0 Å². The lowest BCUT2D eigenvalue weighted by Crippen LogP contribution is -2.47. The van der Waals surface area contributed by atoms with Crippen LogP contribution in [0.2, 0.25) is 0 Å². The molecule has 2 heterocycles.